The maximum Gasteiger partial charge on any atom is 0.343 e. The van der Waals surface area contributed by atoms with Crippen molar-refractivity contribution >= 4 is 5.97 Å². The lowest BCUT2D eigenvalue weighted by molar-refractivity contribution is 0.0590. The number of methoxy groups -OCH3 is 1. The van der Waals surface area contributed by atoms with E-state index in [1.54, 1.807) is 4.57 Å². The summed E-state index contributed by atoms with van der Waals surface area (Å²) in [5.74, 6) is 1.13. The van der Waals surface area contributed by atoms with Crippen LogP contribution in [0, 0.1) is 5.92 Å². The normalized spacial score (nSPS) is 19.0. The van der Waals surface area contributed by atoms with Gasteiger partial charge in [-0.3, -0.25) is 9.69 Å². The average Bonchev–Trinajstić information content (AvgIpc) is 3.06. The van der Waals surface area contributed by atoms with Crippen molar-refractivity contribution in [3.8, 4) is 11.5 Å². The topological polar surface area (TPSA) is 73.2 Å². The van der Waals surface area contributed by atoms with E-state index in [-0.39, 0.29) is 11.7 Å². The first-order chi connectivity index (χ1) is 17.3. The molecule has 8 heteroatoms. The van der Waals surface area contributed by atoms with Crippen molar-refractivity contribution in [2.24, 2.45) is 5.92 Å². The molecule has 36 heavy (non-hydrogen) atoms. The molecule has 1 saturated heterocycles. The molecule has 0 saturated carbocycles. The van der Waals surface area contributed by atoms with E-state index in [1.807, 2.05) is 26.0 Å². The summed E-state index contributed by atoms with van der Waals surface area (Å²) in [5.41, 5.74) is 2.14. The van der Waals surface area contributed by atoms with Crippen molar-refractivity contribution in [2.45, 2.75) is 52.3 Å². The Kier molecular flexibility index (Phi) is 8.69. The second-order valence-corrected chi connectivity index (χ2v) is 10.2. The standard InChI is InChI=1S/C28H39N3O5/c1-20(2)36-23-9-7-21(8-10-23)18-30-13-11-24-27(28(33)34-4)25(16-26(32)31(24)15-14-30)35-19-22-6-5-12-29(3)17-22/h7-10,16,20,22H,5-6,11-15,17-19H2,1-4H3. The Morgan fingerprint density at radius 1 is 1.11 bits per heavy atom. The van der Waals surface area contributed by atoms with E-state index in [0.29, 0.717) is 49.0 Å². The van der Waals surface area contributed by atoms with Gasteiger partial charge in [0.15, 0.2) is 0 Å². The molecule has 1 unspecified atom stereocenters. The van der Waals surface area contributed by atoms with Gasteiger partial charge in [-0.1, -0.05) is 12.1 Å². The van der Waals surface area contributed by atoms with Crippen LogP contribution in [0.2, 0.25) is 0 Å². The maximum absolute atomic E-state index is 13.1. The molecule has 0 amide bonds. The molecular formula is C28H39N3O5. The molecule has 1 fully saturated rings. The van der Waals surface area contributed by atoms with Crippen LogP contribution in [0.1, 0.15) is 48.3 Å². The third kappa shape index (κ3) is 6.48. The van der Waals surface area contributed by atoms with Crippen molar-refractivity contribution in [1.29, 1.82) is 0 Å². The quantitative estimate of drug-likeness (QED) is 0.519. The molecule has 196 valence electrons. The summed E-state index contributed by atoms with van der Waals surface area (Å²) in [7, 11) is 3.49. The van der Waals surface area contributed by atoms with Crippen LogP contribution in [0.15, 0.2) is 35.1 Å². The number of ether oxygens (including phenoxy) is 3. The molecular weight excluding hydrogens is 458 g/mol. The third-order valence-corrected chi connectivity index (χ3v) is 6.97. The van der Waals surface area contributed by atoms with Crippen LogP contribution in [-0.2, 0) is 24.2 Å². The molecule has 1 aromatic carbocycles. The zero-order chi connectivity index (χ0) is 25.7. The van der Waals surface area contributed by atoms with Crippen molar-refractivity contribution in [3.05, 3.63) is 57.5 Å². The first kappa shape index (κ1) is 26.2. The molecule has 2 aromatic rings. The molecule has 0 aliphatic carbocycles. The van der Waals surface area contributed by atoms with E-state index in [0.717, 1.165) is 44.8 Å². The Morgan fingerprint density at radius 3 is 2.58 bits per heavy atom. The lowest BCUT2D eigenvalue weighted by atomic mass is 9.99. The van der Waals surface area contributed by atoms with Gasteiger partial charge in [0, 0.05) is 56.8 Å². The zero-order valence-corrected chi connectivity index (χ0v) is 22.0. The van der Waals surface area contributed by atoms with Crippen molar-refractivity contribution in [1.82, 2.24) is 14.4 Å². The first-order valence-corrected chi connectivity index (χ1v) is 13.0. The smallest absolute Gasteiger partial charge is 0.343 e. The van der Waals surface area contributed by atoms with E-state index in [4.69, 9.17) is 14.2 Å². The van der Waals surface area contributed by atoms with Crippen molar-refractivity contribution in [3.63, 3.8) is 0 Å². The van der Waals surface area contributed by atoms with Gasteiger partial charge < -0.3 is 23.7 Å². The molecule has 1 aromatic heterocycles. The Morgan fingerprint density at radius 2 is 1.89 bits per heavy atom. The van der Waals surface area contributed by atoms with Gasteiger partial charge in [0.1, 0.15) is 17.1 Å². The number of pyridine rings is 1. The van der Waals surface area contributed by atoms with E-state index in [1.165, 1.54) is 18.7 Å². The number of hydrogen-bond acceptors (Lipinski definition) is 7. The minimum atomic E-state index is -0.455. The van der Waals surface area contributed by atoms with Crippen molar-refractivity contribution in [2.75, 3.05) is 46.9 Å². The Bertz CT molecular complexity index is 1100. The summed E-state index contributed by atoms with van der Waals surface area (Å²) in [5, 5.41) is 0. The summed E-state index contributed by atoms with van der Waals surface area (Å²) in [6.45, 7) is 9.28. The third-order valence-electron chi connectivity index (χ3n) is 6.97. The highest BCUT2D eigenvalue weighted by molar-refractivity contribution is 5.93. The summed E-state index contributed by atoms with van der Waals surface area (Å²) >= 11 is 0. The molecule has 2 aliphatic heterocycles. The van der Waals surface area contributed by atoms with Gasteiger partial charge in [0.2, 0.25) is 0 Å². The van der Waals surface area contributed by atoms with E-state index in [9.17, 15) is 9.59 Å². The number of carbonyl (C=O) groups excluding carboxylic acids is 1. The minimum Gasteiger partial charge on any atom is -0.492 e. The molecule has 3 heterocycles. The first-order valence-electron chi connectivity index (χ1n) is 13.0. The van der Waals surface area contributed by atoms with Crippen LogP contribution in [-0.4, -0.2) is 73.4 Å². The van der Waals surface area contributed by atoms with Gasteiger partial charge in [-0.2, -0.15) is 0 Å². The average molecular weight is 498 g/mol. The maximum atomic E-state index is 13.1. The van der Waals surface area contributed by atoms with Gasteiger partial charge in [-0.25, -0.2) is 4.79 Å². The van der Waals surface area contributed by atoms with E-state index in [2.05, 4.69) is 29.0 Å². The Labute approximate surface area is 213 Å². The second-order valence-electron chi connectivity index (χ2n) is 10.2. The molecule has 8 nitrogen and oxygen atoms in total. The minimum absolute atomic E-state index is 0.134. The number of likely N-dealkylation sites (tertiary alicyclic amines) is 1. The molecule has 0 spiro atoms. The monoisotopic (exact) mass is 497 g/mol. The van der Waals surface area contributed by atoms with E-state index < -0.39 is 5.97 Å². The number of hydrogen-bond donors (Lipinski definition) is 0. The SMILES string of the molecule is COC(=O)c1c(OCC2CCCN(C)C2)cc(=O)n2c1CCN(Cc1ccc(OC(C)C)cc1)CC2. The number of benzene rings is 1. The van der Waals surface area contributed by atoms with Crippen molar-refractivity contribution < 1.29 is 19.0 Å². The summed E-state index contributed by atoms with van der Waals surface area (Å²) < 4.78 is 18.7. The number of nitrogens with zero attached hydrogens (tertiary/aromatic N) is 3. The van der Waals surface area contributed by atoms with Gasteiger partial charge >= 0.3 is 5.97 Å². The van der Waals surface area contributed by atoms with Gasteiger partial charge in [0.25, 0.3) is 5.56 Å². The predicted molar refractivity (Wildman–Crippen MR) is 139 cm³/mol. The molecule has 1 atom stereocenters. The van der Waals surface area contributed by atoms with E-state index >= 15 is 0 Å². The predicted octanol–water partition coefficient (Wildman–Crippen LogP) is 3.20. The van der Waals surface area contributed by atoms with Gasteiger partial charge in [-0.05, 0) is 58.0 Å². The number of rotatable bonds is 8. The highest BCUT2D eigenvalue weighted by Gasteiger charge is 2.27. The number of esters is 1. The Balaban J connectivity index is 1.50. The molecule has 4 rings (SSSR count). The Hall–Kier alpha value is -2.84. The summed E-state index contributed by atoms with van der Waals surface area (Å²) in [6, 6.07) is 9.61. The van der Waals surface area contributed by atoms with Crippen LogP contribution >= 0.6 is 0 Å². The lowest BCUT2D eigenvalue weighted by Gasteiger charge is -2.29. The number of piperidine rings is 1. The number of fused-ring (bicyclic) bond motifs is 1. The van der Waals surface area contributed by atoms with Crippen LogP contribution in [0.5, 0.6) is 11.5 Å². The molecule has 0 radical (unpaired) electrons. The highest BCUT2D eigenvalue weighted by atomic mass is 16.5. The number of aromatic nitrogens is 1. The molecule has 2 aliphatic rings. The highest BCUT2D eigenvalue weighted by Crippen LogP contribution is 2.26. The van der Waals surface area contributed by atoms with Crippen LogP contribution in [0.4, 0.5) is 0 Å². The zero-order valence-electron chi connectivity index (χ0n) is 22.0. The fourth-order valence-corrected chi connectivity index (χ4v) is 5.21. The molecule has 0 N–H and O–H groups in total. The van der Waals surface area contributed by atoms with Gasteiger partial charge in [-0.15, -0.1) is 0 Å². The van der Waals surface area contributed by atoms with Gasteiger partial charge in [0.05, 0.1) is 19.8 Å². The molecule has 0 bridgehead atoms. The van der Waals surface area contributed by atoms with Crippen LogP contribution in [0.3, 0.4) is 0 Å². The number of carbonyl (C=O) groups is 1. The van der Waals surface area contributed by atoms with Crippen LogP contribution < -0.4 is 15.0 Å². The summed E-state index contributed by atoms with van der Waals surface area (Å²) in [6.07, 6.45) is 2.92. The fraction of sp³-hybridized carbons (Fsp3) is 0.571. The summed E-state index contributed by atoms with van der Waals surface area (Å²) in [4.78, 5) is 30.6. The van der Waals surface area contributed by atoms with Crippen LogP contribution in [0.25, 0.3) is 0 Å². The lowest BCUT2D eigenvalue weighted by Crippen LogP contribution is -2.35. The largest absolute Gasteiger partial charge is 0.492 e. The second kappa shape index (κ2) is 11.9. The fourth-order valence-electron chi connectivity index (χ4n) is 5.21.